The van der Waals surface area contributed by atoms with Gasteiger partial charge in [0, 0.05) is 22.9 Å². The Bertz CT molecular complexity index is 1130. The second kappa shape index (κ2) is 7.21. The SMILES string of the molecule is CCSc1ccc(-c2ccsc2)nc1-c1nc2cc(C(F)(F)F)ncc2n1C. The third kappa shape index (κ3) is 3.40. The van der Waals surface area contributed by atoms with Crippen molar-refractivity contribution < 1.29 is 13.2 Å². The standard InChI is InChI=1S/C19H15F3N4S2/c1-3-28-15-5-4-12(11-6-7-27-10-11)24-17(15)18-25-13-8-16(19(20,21)22)23-9-14(13)26(18)2/h4-10H,3H2,1-2H3. The van der Waals surface area contributed by atoms with Crippen LogP contribution in [0.15, 0.2) is 46.1 Å². The van der Waals surface area contributed by atoms with Gasteiger partial charge in [-0.1, -0.05) is 6.92 Å². The van der Waals surface area contributed by atoms with Crippen LogP contribution in [0.2, 0.25) is 0 Å². The Morgan fingerprint density at radius 2 is 2.00 bits per heavy atom. The van der Waals surface area contributed by atoms with E-state index in [1.54, 1.807) is 34.7 Å². The number of fused-ring (bicyclic) bond motifs is 1. The highest BCUT2D eigenvalue weighted by Gasteiger charge is 2.33. The molecular weight excluding hydrogens is 405 g/mol. The largest absolute Gasteiger partial charge is 0.433 e. The molecule has 144 valence electrons. The van der Waals surface area contributed by atoms with Gasteiger partial charge in [-0.2, -0.15) is 24.5 Å². The van der Waals surface area contributed by atoms with Gasteiger partial charge in [0.1, 0.15) is 11.4 Å². The molecule has 28 heavy (non-hydrogen) atoms. The number of thioether (sulfide) groups is 1. The van der Waals surface area contributed by atoms with Gasteiger partial charge in [-0.05, 0) is 35.4 Å². The second-order valence-electron chi connectivity index (χ2n) is 6.04. The monoisotopic (exact) mass is 420 g/mol. The van der Waals surface area contributed by atoms with Crippen molar-refractivity contribution in [2.75, 3.05) is 5.75 Å². The summed E-state index contributed by atoms with van der Waals surface area (Å²) in [6.45, 7) is 2.04. The molecule has 0 amide bonds. The topological polar surface area (TPSA) is 43.6 Å². The highest BCUT2D eigenvalue weighted by Crippen LogP contribution is 2.35. The molecule has 0 radical (unpaired) electrons. The van der Waals surface area contributed by atoms with Gasteiger partial charge < -0.3 is 4.57 Å². The highest BCUT2D eigenvalue weighted by molar-refractivity contribution is 7.99. The van der Waals surface area contributed by atoms with E-state index in [1.165, 1.54) is 6.20 Å². The van der Waals surface area contributed by atoms with Crippen molar-refractivity contribution in [1.29, 1.82) is 0 Å². The van der Waals surface area contributed by atoms with Gasteiger partial charge >= 0.3 is 6.18 Å². The van der Waals surface area contributed by atoms with Crippen molar-refractivity contribution in [2.45, 2.75) is 18.0 Å². The summed E-state index contributed by atoms with van der Waals surface area (Å²) in [5.74, 6) is 1.36. The minimum atomic E-state index is -4.51. The van der Waals surface area contributed by atoms with Crippen LogP contribution in [0.1, 0.15) is 12.6 Å². The molecule has 0 N–H and O–H groups in total. The van der Waals surface area contributed by atoms with E-state index in [0.717, 1.165) is 28.0 Å². The van der Waals surface area contributed by atoms with E-state index in [4.69, 9.17) is 4.98 Å². The minimum absolute atomic E-state index is 0.245. The predicted molar refractivity (Wildman–Crippen MR) is 106 cm³/mol. The molecule has 4 heterocycles. The van der Waals surface area contributed by atoms with Crippen molar-refractivity contribution in [3.05, 3.63) is 46.9 Å². The van der Waals surface area contributed by atoms with Crippen LogP contribution >= 0.6 is 23.1 Å². The Kier molecular flexibility index (Phi) is 4.88. The first-order valence-electron chi connectivity index (χ1n) is 8.45. The number of hydrogen-bond acceptors (Lipinski definition) is 5. The zero-order chi connectivity index (χ0) is 19.9. The van der Waals surface area contributed by atoms with Gasteiger partial charge in [0.15, 0.2) is 5.82 Å². The number of rotatable bonds is 4. The second-order valence-corrected chi connectivity index (χ2v) is 8.12. The molecule has 0 aliphatic carbocycles. The number of thiophene rings is 1. The Hall–Kier alpha value is -2.39. The predicted octanol–water partition coefficient (Wildman–Crippen LogP) is 5.89. The molecule has 0 aliphatic heterocycles. The lowest BCUT2D eigenvalue weighted by Gasteiger charge is -2.10. The molecule has 4 aromatic heterocycles. The first-order valence-corrected chi connectivity index (χ1v) is 10.4. The number of hydrogen-bond donors (Lipinski definition) is 0. The number of alkyl halides is 3. The van der Waals surface area contributed by atoms with Gasteiger partial charge in [0.25, 0.3) is 0 Å². The molecule has 0 fully saturated rings. The van der Waals surface area contributed by atoms with Crippen LogP contribution in [0, 0.1) is 0 Å². The fraction of sp³-hybridized carbons (Fsp3) is 0.211. The van der Waals surface area contributed by atoms with E-state index < -0.39 is 11.9 Å². The summed E-state index contributed by atoms with van der Waals surface area (Å²) in [4.78, 5) is 13.7. The van der Waals surface area contributed by atoms with Gasteiger partial charge in [-0.15, -0.1) is 11.8 Å². The van der Waals surface area contributed by atoms with E-state index in [-0.39, 0.29) is 5.52 Å². The summed E-state index contributed by atoms with van der Waals surface area (Å²) >= 11 is 3.20. The third-order valence-corrected chi connectivity index (χ3v) is 5.86. The van der Waals surface area contributed by atoms with Crippen LogP contribution in [0.3, 0.4) is 0 Å². The van der Waals surface area contributed by atoms with Crippen LogP contribution in [-0.4, -0.2) is 25.3 Å². The molecule has 9 heteroatoms. The quantitative estimate of drug-likeness (QED) is 0.386. The highest BCUT2D eigenvalue weighted by atomic mass is 32.2. The zero-order valence-electron chi connectivity index (χ0n) is 15.0. The molecule has 0 saturated carbocycles. The lowest BCUT2D eigenvalue weighted by atomic mass is 10.2. The van der Waals surface area contributed by atoms with Crippen molar-refractivity contribution in [3.63, 3.8) is 0 Å². The smallest absolute Gasteiger partial charge is 0.325 e. The summed E-state index contributed by atoms with van der Waals surface area (Å²) in [6.07, 6.45) is -3.30. The Morgan fingerprint density at radius 3 is 2.68 bits per heavy atom. The average molecular weight is 420 g/mol. The Balaban J connectivity index is 1.90. The van der Waals surface area contributed by atoms with Crippen LogP contribution < -0.4 is 0 Å². The first kappa shape index (κ1) is 18.9. The summed E-state index contributed by atoms with van der Waals surface area (Å²) in [7, 11) is 1.76. The fourth-order valence-electron chi connectivity index (χ4n) is 2.91. The summed E-state index contributed by atoms with van der Waals surface area (Å²) in [6, 6.07) is 6.91. The molecule has 0 aliphatic rings. The Labute approximate surface area is 167 Å². The number of imidazole rings is 1. The van der Waals surface area contributed by atoms with Gasteiger partial charge in [-0.25, -0.2) is 15.0 Å². The molecule has 4 rings (SSSR count). The molecule has 0 saturated heterocycles. The number of pyridine rings is 2. The van der Waals surface area contributed by atoms with Gasteiger partial charge in [-0.3, -0.25) is 0 Å². The molecule has 0 atom stereocenters. The van der Waals surface area contributed by atoms with Crippen LogP contribution in [0.4, 0.5) is 13.2 Å². The molecule has 0 spiro atoms. The first-order chi connectivity index (χ1) is 13.4. The lowest BCUT2D eigenvalue weighted by Crippen LogP contribution is -2.07. The maximum Gasteiger partial charge on any atom is 0.433 e. The molecule has 0 bridgehead atoms. The fourth-order valence-corrected chi connectivity index (χ4v) is 4.30. The normalized spacial score (nSPS) is 12.0. The number of aryl methyl sites for hydroxylation is 1. The van der Waals surface area contributed by atoms with E-state index in [9.17, 15) is 13.2 Å². The molecule has 0 unspecified atom stereocenters. The maximum absolute atomic E-state index is 13.0. The average Bonchev–Trinajstić information content (AvgIpc) is 3.30. The molecule has 0 aromatic carbocycles. The number of halogens is 3. The third-order valence-electron chi connectivity index (χ3n) is 4.24. The van der Waals surface area contributed by atoms with E-state index in [1.807, 2.05) is 35.9 Å². The summed E-state index contributed by atoms with van der Waals surface area (Å²) in [5, 5.41) is 3.98. The Morgan fingerprint density at radius 1 is 1.18 bits per heavy atom. The molecular formula is C19H15F3N4S2. The summed E-state index contributed by atoms with van der Waals surface area (Å²) < 4.78 is 40.8. The van der Waals surface area contributed by atoms with Crippen molar-refractivity contribution >= 4 is 34.1 Å². The van der Waals surface area contributed by atoms with Crippen LogP contribution in [0.5, 0.6) is 0 Å². The van der Waals surface area contributed by atoms with E-state index in [0.29, 0.717) is 17.0 Å². The van der Waals surface area contributed by atoms with Crippen molar-refractivity contribution in [2.24, 2.45) is 7.05 Å². The minimum Gasteiger partial charge on any atom is -0.325 e. The lowest BCUT2D eigenvalue weighted by molar-refractivity contribution is -0.141. The molecule has 4 nitrogen and oxygen atoms in total. The van der Waals surface area contributed by atoms with Gasteiger partial charge in [0.2, 0.25) is 0 Å². The van der Waals surface area contributed by atoms with Crippen molar-refractivity contribution in [1.82, 2.24) is 19.5 Å². The van der Waals surface area contributed by atoms with Crippen LogP contribution in [-0.2, 0) is 13.2 Å². The van der Waals surface area contributed by atoms with E-state index in [2.05, 4.69) is 9.97 Å². The maximum atomic E-state index is 13.0. The van der Waals surface area contributed by atoms with E-state index >= 15 is 0 Å². The zero-order valence-corrected chi connectivity index (χ0v) is 16.6. The number of nitrogens with zero attached hydrogens (tertiary/aromatic N) is 4. The van der Waals surface area contributed by atoms with Crippen LogP contribution in [0.25, 0.3) is 33.8 Å². The summed E-state index contributed by atoms with van der Waals surface area (Å²) in [5.41, 5.74) is 2.28. The number of aromatic nitrogens is 4. The van der Waals surface area contributed by atoms with Crippen molar-refractivity contribution in [3.8, 4) is 22.8 Å². The van der Waals surface area contributed by atoms with Gasteiger partial charge in [0.05, 0.1) is 22.9 Å². The molecule has 4 aromatic rings.